The van der Waals surface area contributed by atoms with Gasteiger partial charge in [0.05, 0.1) is 6.04 Å². The standard InChI is InChI=1S/C38H69N7O9S/c1-16-18-19-26(29(46)32(48)39-21-17-2)40-31(47)28-25(24(3)4)20-22-45(28)33(49)30(37(8,9)10)42-34(50)41-27(36(5,6)7)23-43(14)55(52,53)44(15)35(51)54-38(11,12)13/h17,24-28,30H,2,16,18-23H2,1,3-15H3,(H,39,48)(H,40,47)(H2,41,42,50)/t25?,26?,27-,28+,30-/m1/s1. The molecular formula is C38H69N7O9S. The monoisotopic (exact) mass is 799 g/mol. The van der Waals surface area contributed by atoms with Gasteiger partial charge >= 0.3 is 22.3 Å². The quantitative estimate of drug-likeness (QED) is 0.125. The molecule has 1 rings (SSSR count). The summed E-state index contributed by atoms with van der Waals surface area (Å²) < 4.78 is 33.4. The average molecular weight is 800 g/mol. The lowest BCUT2D eigenvalue weighted by atomic mass is 9.84. The zero-order chi connectivity index (χ0) is 42.9. The van der Waals surface area contributed by atoms with Gasteiger partial charge in [-0.2, -0.15) is 17.0 Å². The Morgan fingerprint density at radius 3 is 1.98 bits per heavy atom. The SMILES string of the molecule is C=CCNC(=O)C(=O)C(CCCC)NC(=O)[C@@H]1C(C(C)C)CCN1C(=O)[C@@H](NC(=O)N[C@H](CN(C)S(=O)(=O)N(C)C(=O)OC(C)(C)C)C(C)(C)C)C(C)(C)C. The molecule has 6 amide bonds. The van der Waals surface area contributed by atoms with E-state index in [1.807, 2.05) is 41.5 Å². The molecule has 17 heteroatoms. The molecule has 1 heterocycles. The molecule has 0 saturated carbocycles. The molecule has 4 N–H and O–H groups in total. The Morgan fingerprint density at radius 1 is 0.927 bits per heavy atom. The van der Waals surface area contributed by atoms with Crippen molar-refractivity contribution in [1.29, 1.82) is 0 Å². The Balaban J connectivity index is 3.39. The van der Waals surface area contributed by atoms with Crippen LogP contribution in [0.4, 0.5) is 9.59 Å². The molecule has 16 nitrogen and oxygen atoms in total. The van der Waals surface area contributed by atoms with E-state index in [2.05, 4.69) is 27.8 Å². The van der Waals surface area contributed by atoms with Crippen LogP contribution in [-0.2, 0) is 34.1 Å². The number of carbonyl (C=O) groups is 6. The molecule has 0 aromatic rings. The molecule has 1 aliphatic rings. The predicted octanol–water partition coefficient (Wildman–Crippen LogP) is 3.58. The van der Waals surface area contributed by atoms with Crippen LogP contribution in [-0.4, -0.2) is 121 Å². The fraction of sp³-hybridized carbons (Fsp3) is 0.789. The highest BCUT2D eigenvalue weighted by atomic mass is 32.2. The lowest BCUT2D eigenvalue weighted by Gasteiger charge is -2.38. The number of carbonyl (C=O) groups excluding carboxylic acids is 6. The number of unbranched alkanes of at least 4 members (excludes halogenated alkanes) is 1. The smallest absolute Gasteiger partial charge is 0.424 e. The highest BCUT2D eigenvalue weighted by Gasteiger charge is 2.48. The zero-order valence-corrected chi connectivity index (χ0v) is 36.4. The first-order chi connectivity index (χ1) is 25.0. The maximum absolute atomic E-state index is 14.5. The van der Waals surface area contributed by atoms with Crippen LogP contribution in [0.3, 0.4) is 0 Å². The first kappa shape index (κ1) is 49.3. The maximum atomic E-state index is 14.5. The summed E-state index contributed by atoms with van der Waals surface area (Å²) in [7, 11) is -1.98. The van der Waals surface area contributed by atoms with Crippen molar-refractivity contribution in [3.8, 4) is 0 Å². The number of ether oxygens (including phenoxy) is 1. The Morgan fingerprint density at radius 2 is 1.51 bits per heavy atom. The van der Waals surface area contributed by atoms with Crippen molar-refractivity contribution in [2.75, 3.05) is 33.7 Å². The van der Waals surface area contributed by atoms with E-state index in [9.17, 15) is 37.2 Å². The van der Waals surface area contributed by atoms with E-state index in [4.69, 9.17) is 4.74 Å². The molecule has 1 aliphatic heterocycles. The molecule has 1 fully saturated rings. The minimum atomic E-state index is -4.35. The normalized spacial score (nSPS) is 18.2. The molecular weight excluding hydrogens is 731 g/mol. The highest BCUT2D eigenvalue weighted by Crippen LogP contribution is 2.34. The number of amides is 6. The number of urea groups is 1. The summed E-state index contributed by atoms with van der Waals surface area (Å²) in [5.74, 6) is -2.96. The van der Waals surface area contributed by atoms with Crippen molar-refractivity contribution in [2.45, 2.75) is 139 Å². The molecule has 0 radical (unpaired) electrons. The van der Waals surface area contributed by atoms with Gasteiger partial charge in [-0.3, -0.25) is 19.2 Å². The lowest BCUT2D eigenvalue weighted by Crippen LogP contribution is -2.62. The van der Waals surface area contributed by atoms with Gasteiger partial charge in [0.1, 0.15) is 17.7 Å². The third-order valence-corrected chi connectivity index (χ3v) is 11.3. The van der Waals surface area contributed by atoms with E-state index in [0.717, 1.165) is 17.8 Å². The molecule has 5 atom stereocenters. The maximum Gasteiger partial charge on any atom is 0.424 e. The summed E-state index contributed by atoms with van der Waals surface area (Å²) in [5, 5.41) is 10.9. The van der Waals surface area contributed by atoms with Gasteiger partial charge in [0, 0.05) is 39.8 Å². The van der Waals surface area contributed by atoms with Crippen LogP contribution >= 0.6 is 0 Å². The predicted molar refractivity (Wildman–Crippen MR) is 212 cm³/mol. The largest absolute Gasteiger partial charge is 0.443 e. The summed E-state index contributed by atoms with van der Waals surface area (Å²) in [5.41, 5.74) is -2.46. The fourth-order valence-electron chi connectivity index (χ4n) is 6.10. The van der Waals surface area contributed by atoms with Gasteiger partial charge in [0.25, 0.3) is 5.91 Å². The second kappa shape index (κ2) is 19.9. The van der Waals surface area contributed by atoms with Crippen molar-refractivity contribution in [2.24, 2.45) is 22.7 Å². The van der Waals surface area contributed by atoms with E-state index in [-0.39, 0.29) is 37.9 Å². The van der Waals surface area contributed by atoms with Gasteiger partial charge in [0.2, 0.25) is 17.6 Å². The number of Topliss-reactive ketones (excluding diaryl/α,β-unsaturated/α-hetero) is 1. The number of hydrogen-bond donors (Lipinski definition) is 4. The lowest BCUT2D eigenvalue weighted by molar-refractivity contribution is -0.144. The molecule has 1 saturated heterocycles. The van der Waals surface area contributed by atoms with E-state index in [1.165, 1.54) is 18.0 Å². The second-order valence-electron chi connectivity index (χ2n) is 17.8. The summed E-state index contributed by atoms with van der Waals surface area (Å²) >= 11 is 0. The zero-order valence-electron chi connectivity index (χ0n) is 35.6. The van der Waals surface area contributed by atoms with Gasteiger partial charge < -0.3 is 30.9 Å². The summed E-state index contributed by atoms with van der Waals surface area (Å²) in [6.07, 6.45) is 2.43. The summed E-state index contributed by atoms with van der Waals surface area (Å²) in [6, 6.07) is -4.73. The van der Waals surface area contributed by atoms with Gasteiger partial charge in [-0.1, -0.05) is 81.2 Å². The average Bonchev–Trinajstić information content (AvgIpc) is 3.50. The molecule has 55 heavy (non-hydrogen) atoms. The minimum Gasteiger partial charge on any atom is -0.443 e. The van der Waals surface area contributed by atoms with Crippen LogP contribution in [0.5, 0.6) is 0 Å². The van der Waals surface area contributed by atoms with Crippen molar-refractivity contribution >= 4 is 45.8 Å². The molecule has 316 valence electrons. The molecule has 2 unspecified atom stereocenters. The highest BCUT2D eigenvalue weighted by molar-refractivity contribution is 7.87. The van der Waals surface area contributed by atoms with Crippen LogP contribution < -0.4 is 21.3 Å². The minimum absolute atomic E-state index is 0.0197. The van der Waals surface area contributed by atoms with E-state index >= 15 is 0 Å². The van der Waals surface area contributed by atoms with E-state index < -0.39 is 86.4 Å². The molecule has 0 bridgehead atoms. The molecule has 0 aromatic heterocycles. The van der Waals surface area contributed by atoms with Crippen LogP contribution in [0.1, 0.15) is 109 Å². The van der Waals surface area contributed by atoms with Crippen LogP contribution in [0.2, 0.25) is 0 Å². The number of likely N-dealkylation sites (N-methyl/N-ethyl adjacent to an activating group) is 1. The molecule has 0 aromatic carbocycles. The topological polar surface area (TPSA) is 204 Å². The third kappa shape index (κ3) is 14.4. The third-order valence-electron chi connectivity index (χ3n) is 9.53. The number of rotatable bonds is 17. The number of nitrogens with one attached hydrogen (secondary N) is 4. The van der Waals surface area contributed by atoms with E-state index in [0.29, 0.717) is 17.1 Å². The Labute approximate surface area is 329 Å². The second-order valence-corrected chi connectivity index (χ2v) is 19.9. The van der Waals surface area contributed by atoms with Gasteiger partial charge in [-0.15, -0.1) is 6.58 Å². The summed E-state index contributed by atoms with van der Waals surface area (Å²) in [6.45, 7) is 25.1. The fourth-order valence-corrected chi connectivity index (χ4v) is 7.09. The number of likely N-dealkylation sites (tertiary alicyclic amines) is 1. The van der Waals surface area contributed by atoms with Crippen molar-refractivity contribution in [1.82, 2.24) is 34.8 Å². The van der Waals surface area contributed by atoms with Crippen LogP contribution in [0.25, 0.3) is 0 Å². The van der Waals surface area contributed by atoms with Gasteiger partial charge in [-0.25, -0.2) is 9.59 Å². The number of hydrogen-bond acceptors (Lipinski definition) is 9. The van der Waals surface area contributed by atoms with Crippen LogP contribution in [0, 0.1) is 22.7 Å². The molecule has 0 spiro atoms. The van der Waals surface area contributed by atoms with Gasteiger partial charge in [-0.05, 0) is 56.3 Å². The van der Waals surface area contributed by atoms with Gasteiger partial charge in [0.15, 0.2) is 0 Å². The van der Waals surface area contributed by atoms with Crippen molar-refractivity contribution in [3.63, 3.8) is 0 Å². The van der Waals surface area contributed by atoms with Crippen LogP contribution in [0.15, 0.2) is 12.7 Å². The Hall–Kier alpha value is -3.73. The van der Waals surface area contributed by atoms with E-state index in [1.54, 1.807) is 41.5 Å². The van der Waals surface area contributed by atoms with Crippen molar-refractivity contribution < 1.29 is 41.9 Å². The Bertz CT molecular complexity index is 1500. The Kier molecular flexibility index (Phi) is 17.9. The van der Waals surface area contributed by atoms with Crippen molar-refractivity contribution in [3.05, 3.63) is 12.7 Å². The number of ketones is 1. The number of nitrogens with zero attached hydrogens (tertiary/aromatic N) is 3. The summed E-state index contributed by atoms with van der Waals surface area (Å²) in [4.78, 5) is 82.1. The molecule has 0 aliphatic carbocycles. The first-order valence-electron chi connectivity index (χ1n) is 19.0. The first-order valence-corrected chi connectivity index (χ1v) is 20.4.